The van der Waals surface area contributed by atoms with Crippen molar-refractivity contribution in [2.24, 2.45) is 29.6 Å². The average Bonchev–Trinajstić information content (AvgIpc) is 2.23. The zero-order valence-electron chi connectivity index (χ0n) is 12.9. The van der Waals surface area contributed by atoms with Crippen LogP contribution in [0.15, 0.2) is 0 Å². The molecule has 0 spiro atoms. The first-order valence-electron chi connectivity index (χ1n) is 7.51. The van der Waals surface area contributed by atoms with Gasteiger partial charge in [0.1, 0.15) is 6.10 Å². The van der Waals surface area contributed by atoms with Crippen molar-refractivity contribution in [2.75, 3.05) is 0 Å². The molecule has 18 heavy (non-hydrogen) atoms. The third kappa shape index (κ3) is 4.29. The van der Waals surface area contributed by atoms with Gasteiger partial charge in [0.05, 0.1) is 5.92 Å². The molecule has 1 heterocycles. The molecule has 0 aromatic rings. The van der Waals surface area contributed by atoms with E-state index in [4.69, 9.17) is 4.74 Å². The lowest BCUT2D eigenvalue weighted by Gasteiger charge is -2.38. The topological polar surface area (TPSA) is 26.3 Å². The highest BCUT2D eigenvalue weighted by molar-refractivity contribution is 5.78. The summed E-state index contributed by atoms with van der Waals surface area (Å²) in [5.74, 6) is 2.90. The van der Waals surface area contributed by atoms with E-state index in [0.717, 1.165) is 17.8 Å². The van der Waals surface area contributed by atoms with Crippen LogP contribution in [0.25, 0.3) is 0 Å². The van der Waals surface area contributed by atoms with Crippen molar-refractivity contribution in [1.82, 2.24) is 0 Å². The van der Waals surface area contributed by atoms with Crippen molar-refractivity contribution in [3.8, 4) is 0 Å². The van der Waals surface area contributed by atoms with Gasteiger partial charge in [-0.3, -0.25) is 4.79 Å². The van der Waals surface area contributed by atoms with Crippen LogP contribution in [0.2, 0.25) is 0 Å². The summed E-state index contributed by atoms with van der Waals surface area (Å²) in [7, 11) is 0. The van der Waals surface area contributed by atoms with E-state index in [-0.39, 0.29) is 18.0 Å². The molecule has 5 atom stereocenters. The fourth-order valence-corrected chi connectivity index (χ4v) is 3.47. The Morgan fingerprint density at radius 2 is 1.56 bits per heavy atom. The summed E-state index contributed by atoms with van der Waals surface area (Å²) in [5.41, 5.74) is 0. The molecule has 0 amide bonds. The SMILES string of the molecule is CC(C)C[C@@H](C)C[C@@H](C)C[C@@H](C)[C@H]1OC(=O)[C@@H]1C. The molecule has 2 heteroatoms. The monoisotopic (exact) mass is 254 g/mol. The molecule has 0 bridgehead atoms. The van der Waals surface area contributed by atoms with Gasteiger partial charge < -0.3 is 4.74 Å². The van der Waals surface area contributed by atoms with Crippen LogP contribution in [0.5, 0.6) is 0 Å². The number of esters is 1. The van der Waals surface area contributed by atoms with Crippen molar-refractivity contribution in [2.45, 2.75) is 66.9 Å². The highest BCUT2D eigenvalue weighted by Crippen LogP contribution is 2.33. The Morgan fingerprint density at radius 1 is 1.00 bits per heavy atom. The van der Waals surface area contributed by atoms with Crippen LogP contribution in [0, 0.1) is 29.6 Å². The van der Waals surface area contributed by atoms with Crippen LogP contribution >= 0.6 is 0 Å². The minimum atomic E-state index is -0.0207. The van der Waals surface area contributed by atoms with E-state index in [1.54, 1.807) is 0 Å². The van der Waals surface area contributed by atoms with Gasteiger partial charge in [0.2, 0.25) is 0 Å². The fourth-order valence-electron chi connectivity index (χ4n) is 3.47. The van der Waals surface area contributed by atoms with Crippen molar-refractivity contribution < 1.29 is 9.53 Å². The summed E-state index contributed by atoms with van der Waals surface area (Å²) >= 11 is 0. The molecule has 106 valence electrons. The maximum Gasteiger partial charge on any atom is 0.312 e. The zero-order chi connectivity index (χ0) is 13.9. The van der Waals surface area contributed by atoms with Gasteiger partial charge in [-0.25, -0.2) is 0 Å². The molecule has 1 rings (SSSR count). The third-order valence-corrected chi connectivity index (χ3v) is 4.13. The first-order valence-corrected chi connectivity index (χ1v) is 7.51. The first kappa shape index (κ1) is 15.5. The van der Waals surface area contributed by atoms with Gasteiger partial charge in [-0.05, 0) is 49.9 Å². The van der Waals surface area contributed by atoms with Crippen molar-refractivity contribution in [3.63, 3.8) is 0 Å². The third-order valence-electron chi connectivity index (χ3n) is 4.13. The van der Waals surface area contributed by atoms with Crippen LogP contribution < -0.4 is 0 Å². The number of hydrogen-bond acceptors (Lipinski definition) is 2. The number of cyclic esters (lactones) is 1. The molecule has 1 aliphatic rings. The normalized spacial score (nSPS) is 28.5. The van der Waals surface area contributed by atoms with E-state index in [0.29, 0.717) is 5.92 Å². The quantitative estimate of drug-likeness (QED) is 0.634. The highest BCUT2D eigenvalue weighted by Gasteiger charge is 2.42. The maximum atomic E-state index is 11.1. The standard InChI is InChI=1S/C16H30O2/c1-10(2)7-11(3)8-12(4)9-13(5)15-14(6)16(17)18-15/h10-15H,7-9H2,1-6H3/t11-,12-,13-,14-,15-/m1/s1. The first-order chi connectivity index (χ1) is 8.31. The lowest BCUT2D eigenvalue weighted by atomic mass is 9.80. The summed E-state index contributed by atoms with van der Waals surface area (Å²) in [6, 6.07) is 0. The van der Waals surface area contributed by atoms with E-state index >= 15 is 0 Å². The molecule has 1 saturated heterocycles. The molecule has 0 N–H and O–H groups in total. The van der Waals surface area contributed by atoms with Gasteiger partial charge in [0.15, 0.2) is 0 Å². The van der Waals surface area contributed by atoms with Gasteiger partial charge in [-0.1, -0.05) is 34.6 Å². The molecule has 0 radical (unpaired) electrons. The Kier molecular flexibility index (Phi) is 5.68. The van der Waals surface area contributed by atoms with Gasteiger partial charge in [0.25, 0.3) is 0 Å². The lowest BCUT2D eigenvalue weighted by Crippen LogP contribution is -2.47. The second-order valence-electron chi connectivity index (χ2n) is 6.98. The predicted molar refractivity (Wildman–Crippen MR) is 75.2 cm³/mol. The Balaban J connectivity index is 2.27. The lowest BCUT2D eigenvalue weighted by molar-refractivity contribution is -0.189. The van der Waals surface area contributed by atoms with Crippen LogP contribution in [0.4, 0.5) is 0 Å². The van der Waals surface area contributed by atoms with E-state index < -0.39 is 0 Å². The Morgan fingerprint density at radius 3 is 2.00 bits per heavy atom. The molecule has 0 unspecified atom stereocenters. The minimum Gasteiger partial charge on any atom is -0.461 e. The summed E-state index contributed by atoms with van der Waals surface area (Å²) in [6.45, 7) is 13.5. The predicted octanol–water partition coefficient (Wildman–Crippen LogP) is 4.28. The average molecular weight is 254 g/mol. The van der Waals surface area contributed by atoms with E-state index in [1.165, 1.54) is 19.3 Å². The number of carbonyl (C=O) groups excluding carboxylic acids is 1. The van der Waals surface area contributed by atoms with Crippen molar-refractivity contribution >= 4 is 5.97 Å². The smallest absolute Gasteiger partial charge is 0.312 e. The van der Waals surface area contributed by atoms with Crippen LogP contribution in [0.1, 0.15) is 60.8 Å². The molecule has 1 fully saturated rings. The summed E-state index contributed by atoms with van der Waals surface area (Å²) < 4.78 is 5.24. The molecule has 0 aromatic carbocycles. The summed E-state index contributed by atoms with van der Waals surface area (Å²) in [5, 5.41) is 0. The molecule has 1 aliphatic heterocycles. The molecule has 0 saturated carbocycles. The second kappa shape index (κ2) is 6.58. The van der Waals surface area contributed by atoms with E-state index in [9.17, 15) is 4.79 Å². The van der Waals surface area contributed by atoms with Crippen LogP contribution in [-0.2, 0) is 9.53 Å². The maximum absolute atomic E-state index is 11.1. The molecule has 2 nitrogen and oxygen atoms in total. The number of ether oxygens (including phenoxy) is 1. The van der Waals surface area contributed by atoms with Gasteiger partial charge in [-0.2, -0.15) is 0 Å². The summed E-state index contributed by atoms with van der Waals surface area (Å²) in [6.07, 6.45) is 3.94. The summed E-state index contributed by atoms with van der Waals surface area (Å²) in [4.78, 5) is 11.1. The number of rotatable bonds is 7. The fraction of sp³-hybridized carbons (Fsp3) is 0.938. The molecule has 0 aliphatic carbocycles. The Hall–Kier alpha value is -0.530. The zero-order valence-corrected chi connectivity index (χ0v) is 12.9. The van der Waals surface area contributed by atoms with E-state index in [2.05, 4.69) is 34.6 Å². The van der Waals surface area contributed by atoms with E-state index in [1.807, 2.05) is 6.92 Å². The molecule has 0 aromatic heterocycles. The number of carbonyl (C=O) groups is 1. The Labute approximate surface area is 112 Å². The van der Waals surface area contributed by atoms with Crippen molar-refractivity contribution in [1.29, 1.82) is 0 Å². The largest absolute Gasteiger partial charge is 0.461 e. The molecular formula is C16H30O2. The van der Waals surface area contributed by atoms with Crippen molar-refractivity contribution in [3.05, 3.63) is 0 Å². The number of hydrogen-bond donors (Lipinski definition) is 0. The molecular weight excluding hydrogens is 224 g/mol. The van der Waals surface area contributed by atoms with Gasteiger partial charge in [0, 0.05) is 0 Å². The van der Waals surface area contributed by atoms with Crippen LogP contribution in [0.3, 0.4) is 0 Å². The van der Waals surface area contributed by atoms with Crippen LogP contribution in [-0.4, -0.2) is 12.1 Å². The second-order valence-corrected chi connectivity index (χ2v) is 6.98. The Bertz CT molecular complexity index is 272. The van der Waals surface area contributed by atoms with Gasteiger partial charge >= 0.3 is 5.97 Å². The highest BCUT2D eigenvalue weighted by atomic mass is 16.6. The minimum absolute atomic E-state index is 0.0207. The van der Waals surface area contributed by atoms with Gasteiger partial charge in [-0.15, -0.1) is 0 Å².